The van der Waals surface area contributed by atoms with Crippen LogP contribution in [0.1, 0.15) is 12.8 Å². The molecule has 0 aliphatic rings. The molecule has 0 spiro atoms. The molecule has 0 saturated carbocycles. The molecule has 9 nitrogen and oxygen atoms in total. The van der Waals surface area contributed by atoms with Gasteiger partial charge in [-0.2, -0.15) is 0 Å². The number of aliphatic hydroxyl groups excluding tert-OH is 2. The molecule has 0 radical (unpaired) electrons. The second-order valence-electron chi connectivity index (χ2n) is 4.40. The van der Waals surface area contributed by atoms with E-state index in [0.717, 1.165) is 5.01 Å². The van der Waals surface area contributed by atoms with Gasteiger partial charge in [-0.1, -0.05) is 0 Å². The van der Waals surface area contributed by atoms with Crippen molar-refractivity contribution in [1.29, 1.82) is 0 Å². The highest BCUT2D eigenvalue weighted by Crippen LogP contribution is 2.03. The predicted molar refractivity (Wildman–Crippen MR) is 66.7 cm³/mol. The van der Waals surface area contributed by atoms with E-state index in [-0.39, 0.29) is 26.0 Å². The smallest absolute Gasteiger partial charge is 0.319 e. The summed E-state index contributed by atoms with van der Waals surface area (Å²) in [5, 5.41) is 27.9. The minimum absolute atomic E-state index is 0.0673. The van der Waals surface area contributed by atoms with Crippen LogP contribution in [0.3, 0.4) is 0 Å². The highest BCUT2D eigenvalue weighted by atomic mass is 16.4. The van der Waals surface area contributed by atoms with Gasteiger partial charge in [0.05, 0.1) is 18.8 Å². The quantitative estimate of drug-likeness (QED) is 0.240. The van der Waals surface area contributed by atoms with Crippen molar-refractivity contribution in [3.63, 3.8) is 0 Å². The number of hydrazine groups is 1. The van der Waals surface area contributed by atoms with E-state index in [0.29, 0.717) is 0 Å². The second-order valence-corrected chi connectivity index (χ2v) is 4.40. The average Bonchev–Trinajstić information content (AvgIpc) is 2.25. The fraction of sp³-hybridized carbons (Fsp3) is 0.800. The zero-order valence-electron chi connectivity index (χ0n) is 10.8. The Balaban J connectivity index is 4.01. The zero-order valence-corrected chi connectivity index (χ0v) is 10.8. The van der Waals surface area contributed by atoms with Crippen molar-refractivity contribution in [2.45, 2.75) is 31.0 Å². The molecule has 0 saturated heterocycles. The number of hydrogen-bond acceptors (Lipinski definition) is 7. The molecule has 0 aliphatic heterocycles. The molecule has 9 heteroatoms. The molecule has 0 unspecified atom stereocenters. The molecule has 19 heavy (non-hydrogen) atoms. The second kappa shape index (κ2) is 8.77. The number of nitrogens with one attached hydrogen (secondary N) is 1. The van der Waals surface area contributed by atoms with E-state index in [4.69, 9.17) is 21.7 Å². The molecule has 0 fully saturated rings. The Morgan fingerprint density at radius 1 is 1.37 bits per heavy atom. The van der Waals surface area contributed by atoms with Gasteiger partial charge in [0.1, 0.15) is 6.54 Å². The molecule has 0 aliphatic carbocycles. The Hall–Kier alpha value is -1.26. The standard InChI is InChI=1S/C10H22N4O5/c1-14(4-10(18)19)13-9(17)3-6(11)2-8(16)7(12)5-15/h6-8,15-16H,2-5,11-12H2,1H3,(H,13,17)(H,18,19)/t6-,7+,8-/m1/s1. The molecule has 0 bridgehead atoms. The molecule has 0 aromatic carbocycles. The third-order valence-corrected chi connectivity index (χ3v) is 2.38. The van der Waals surface area contributed by atoms with Crippen molar-refractivity contribution in [2.75, 3.05) is 20.2 Å². The third kappa shape index (κ3) is 8.46. The minimum Gasteiger partial charge on any atom is -0.480 e. The van der Waals surface area contributed by atoms with Crippen LogP contribution in [0, 0.1) is 0 Å². The normalized spacial score (nSPS) is 15.9. The summed E-state index contributed by atoms with van der Waals surface area (Å²) in [6.07, 6.45) is -1.01. The number of carboxylic acid groups (broad SMARTS) is 1. The maximum Gasteiger partial charge on any atom is 0.319 e. The first-order chi connectivity index (χ1) is 8.76. The van der Waals surface area contributed by atoms with Crippen molar-refractivity contribution in [3.05, 3.63) is 0 Å². The number of carboxylic acids is 1. The van der Waals surface area contributed by atoms with Gasteiger partial charge in [0, 0.05) is 19.5 Å². The summed E-state index contributed by atoms with van der Waals surface area (Å²) >= 11 is 0. The van der Waals surface area contributed by atoms with E-state index in [1.54, 1.807) is 0 Å². The van der Waals surface area contributed by atoms with Gasteiger partial charge >= 0.3 is 5.97 Å². The van der Waals surface area contributed by atoms with E-state index < -0.39 is 30.1 Å². The SMILES string of the molecule is CN(CC(=O)O)NC(=O)C[C@H](N)C[C@@H](O)[C@@H](N)CO. The van der Waals surface area contributed by atoms with Crippen LogP contribution in [0.4, 0.5) is 0 Å². The number of aliphatic hydroxyl groups is 2. The average molecular weight is 278 g/mol. The fourth-order valence-electron chi connectivity index (χ4n) is 1.43. The van der Waals surface area contributed by atoms with Crippen LogP contribution in [0.25, 0.3) is 0 Å². The summed E-state index contributed by atoms with van der Waals surface area (Å²) in [6, 6.07) is -1.44. The number of likely N-dealkylation sites (N-methyl/N-ethyl adjacent to an activating group) is 1. The molecule has 3 atom stereocenters. The lowest BCUT2D eigenvalue weighted by Crippen LogP contribution is -2.46. The van der Waals surface area contributed by atoms with Gasteiger partial charge in [-0.05, 0) is 6.42 Å². The molecule has 0 rings (SSSR count). The summed E-state index contributed by atoms with van der Waals surface area (Å²) in [4.78, 5) is 21.9. The molecule has 0 aromatic rings. The monoisotopic (exact) mass is 278 g/mol. The highest BCUT2D eigenvalue weighted by Gasteiger charge is 2.19. The van der Waals surface area contributed by atoms with Gasteiger partial charge in [-0.15, -0.1) is 0 Å². The van der Waals surface area contributed by atoms with Gasteiger partial charge in [-0.25, -0.2) is 5.01 Å². The largest absolute Gasteiger partial charge is 0.480 e. The molecule has 1 amide bonds. The highest BCUT2D eigenvalue weighted by molar-refractivity contribution is 5.76. The number of hydrogen-bond donors (Lipinski definition) is 6. The van der Waals surface area contributed by atoms with Gasteiger partial charge in [-0.3, -0.25) is 15.0 Å². The lowest BCUT2D eigenvalue weighted by atomic mass is 10.0. The van der Waals surface area contributed by atoms with E-state index in [9.17, 15) is 14.7 Å². The lowest BCUT2D eigenvalue weighted by Gasteiger charge is -2.21. The van der Waals surface area contributed by atoms with E-state index in [2.05, 4.69) is 5.43 Å². The first-order valence-electron chi connectivity index (χ1n) is 5.78. The van der Waals surface area contributed by atoms with E-state index in [1.165, 1.54) is 7.05 Å². The van der Waals surface area contributed by atoms with Crippen molar-refractivity contribution < 1.29 is 24.9 Å². The van der Waals surface area contributed by atoms with E-state index >= 15 is 0 Å². The lowest BCUT2D eigenvalue weighted by molar-refractivity contribution is -0.139. The van der Waals surface area contributed by atoms with Gasteiger partial charge in [0.15, 0.2) is 0 Å². The first kappa shape index (κ1) is 17.7. The van der Waals surface area contributed by atoms with Crippen LogP contribution in [-0.2, 0) is 9.59 Å². The van der Waals surface area contributed by atoms with Crippen molar-refractivity contribution in [2.24, 2.45) is 11.5 Å². The van der Waals surface area contributed by atoms with Crippen LogP contribution in [0.2, 0.25) is 0 Å². The molecule has 0 aromatic heterocycles. The van der Waals surface area contributed by atoms with Crippen LogP contribution in [0.5, 0.6) is 0 Å². The first-order valence-corrected chi connectivity index (χ1v) is 5.78. The number of rotatable bonds is 9. The molecule has 112 valence electrons. The Morgan fingerprint density at radius 2 is 1.95 bits per heavy atom. The third-order valence-electron chi connectivity index (χ3n) is 2.38. The maximum atomic E-state index is 11.5. The number of carbonyl (C=O) groups is 2. The minimum atomic E-state index is -1.07. The predicted octanol–water partition coefficient (Wildman–Crippen LogP) is -3.18. The number of nitrogens with zero attached hydrogens (tertiary/aromatic N) is 1. The maximum absolute atomic E-state index is 11.5. The summed E-state index contributed by atoms with van der Waals surface area (Å²) in [5.74, 6) is -1.53. The molecular formula is C10H22N4O5. The molecule has 0 heterocycles. The summed E-state index contributed by atoms with van der Waals surface area (Å²) in [6.45, 7) is -0.708. The Labute approximate surface area is 111 Å². The number of aliphatic carboxylic acids is 1. The van der Waals surface area contributed by atoms with E-state index in [1.807, 2.05) is 0 Å². The van der Waals surface area contributed by atoms with Gasteiger partial charge in [0.2, 0.25) is 5.91 Å². The summed E-state index contributed by atoms with van der Waals surface area (Å²) in [7, 11) is 1.41. The van der Waals surface area contributed by atoms with Crippen molar-refractivity contribution in [1.82, 2.24) is 10.4 Å². The Morgan fingerprint density at radius 3 is 2.42 bits per heavy atom. The topological polar surface area (TPSA) is 162 Å². The summed E-state index contributed by atoms with van der Waals surface area (Å²) < 4.78 is 0. The molecule has 8 N–H and O–H groups in total. The Kier molecular flexibility index (Phi) is 8.19. The fourth-order valence-corrected chi connectivity index (χ4v) is 1.43. The number of nitrogens with two attached hydrogens (primary N) is 2. The van der Waals surface area contributed by atoms with Gasteiger partial charge < -0.3 is 26.8 Å². The summed E-state index contributed by atoms with van der Waals surface area (Å²) in [5.41, 5.74) is 13.4. The van der Waals surface area contributed by atoms with Crippen molar-refractivity contribution in [3.8, 4) is 0 Å². The van der Waals surface area contributed by atoms with Crippen LogP contribution >= 0.6 is 0 Å². The zero-order chi connectivity index (χ0) is 15.0. The number of amides is 1. The molecular weight excluding hydrogens is 256 g/mol. The van der Waals surface area contributed by atoms with Crippen LogP contribution < -0.4 is 16.9 Å². The Bertz CT molecular complexity index is 302. The van der Waals surface area contributed by atoms with Crippen LogP contribution in [-0.4, -0.2) is 70.6 Å². The van der Waals surface area contributed by atoms with Gasteiger partial charge in [0.25, 0.3) is 0 Å². The van der Waals surface area contributed by atoms with Crippen LogP contribution in [0.15, 0.2) is 0 Å². The van der Waals surface area contributed by atoms with Crippen molar-refractivity contribution >= 4 is 11.9 Å². The number of carbonyl (C=O) groups excluding carboxylic acids is 1.